The number of aromatic nitrogens is 4. The first-order chi connectivity index (χ1) is 20.3. The number of alkyl halides is 8. The topological polar surface area (TPSA) is 119 Å². The van der Waals surface area contributed by atoms with E-state index in [0.717, 1.165) is 4.68 Å². The molecule has 0 aliphatic heterocycles. The fourth-order valence-corrected chi connectivity index (χ4v) is 5.70. The smallest absolute Gasteiger partial charge is 0.365 e. The molecule has 4 N–H and O–H groups in total. The average molecular weight is 637 g/mol. The number of rotatable bonds is 10. The molecule has 242 valence electrons. The van der Waals surface area contributed by atoms with Crippen LogP contribution in [0.25, 0.3) is 11.0 Å². The van der Waals surface area contributed by atoms with E-state index in [1.54, 1.807) is 25.1 Å². The van der Waals surface area contributed by atoms with Crippen molar-refractivity contribution >= 4 is 22.8 Å². The molecule has 0 bridgehead atoms. The summed E-state index contributed by atoms with van der Waals surface area (Å²) < 4.78 is 106. The second kappa shape index (κ2) is 12.3. The minimum Gasteiger partial charge on any atom is -0.365 e. The zero-order valence-corrected chi connectivity index (χ0v) is 23.9. The van der Waals surface area contributed by atoms with Gasteiger partial charge in [0.15, 0.2) is 0 Å². The van der Waals surface area contributed by atoms with Gasteiger partial charge in [-0.15, -0.1) is 0 Å². The number of nitrogens with two attached hydrogens (primary N) is 1. The predicted molar refractivity (Wildman–Crippen MR) is 143 cm³/mol. The van der Waals surface area contributed by atoms with E-state index >= 15 is 0 Å². The summed E-state index contributed by atoms with van der Waals surface area (Å²) in [7, 11) is 1.38. The lowest BCUT2D eigenvalue weighted by Gasteiger charge is -2.32. The molecule has 44 heavy (non-hydrogen) atoms. The highest BCUT2D eigenvalue weighted by Gasteiger charge is 2.42. The van der Waals surface area contributed by atoms with Crippen LogP contribution in [0, 0.1) is 5.92 Å². The molecular formula is C28H32F8N6O2. The normalized spacial score (nSPS) is 17.5. The Morgan fingerprint density at radius 2 is 1.75 bits per heavy atom. The van der Waals surface area contributed by atoms with Gasteiger partial charge in [0.05, 0.1) is 46.4 Å². The number of aromatic amines is 1. The number of carbonyl (C=O) groups excluding carboxylic acids is 2. The Bertz CT molecular complexity index is 1500. The van der Waals surface area contributed by atoms with Crippen molar-refractivity contribution in [3.8, 4) is 0 Å². The molecule has 0 saturated heterocycles. The summed E-state index contributed by atoms with van der Waals surface area (Å²) in [5.41, 5.74) is 6.83. The van der Waals surface area contributed by atoms with Crippen LogP contribution in [-0.4, -0.2) is 49.8 Å². The second-order valence-corrected chi connectivity index (χ2v) is 11.3. The number of carbonyl (C=O) groups is 2. The molecule has 1 saturated carbocycles. The number of hydrogen-bond donors (Lipinski definition) is 3. The number of hydrogen-bond acceptors (Lipinski definition) is 4. The Morgan fingerprint density at radius 3 is 2.34 bits per heavy atom. The summed E-state index contributed by atoms with van der Waals surface area (Å²) in [5, 5.41) is 6.89. The minimum absolute atomic E-state index is 0.0214. The monoisotopic (exact) mass is 636 g/mol. The average Bonchev–Trinajstić information content (AvgIpc) is 3.46. The highest BCUT2D eigenvalue weighted by atomic mass is 19.4. The molecule has 1 aliphatic rings. The molecule has 8 nitrogen and oxygen atoms in total. The Kier molecular flexibility index (Phi) is 9.31. The number of aryl methyl sites for hydroxylation is 1. The molecule has 16 heteroatoms. The van der Waals surface area contributed by atoms with Gasteiger partial charge in [-0.2, -0.15) is 31.4 Å². The lowest BCUT2D eigenvalue weighted by Crippen LogP contribution is -2.30. The van der Waals surface area contributed by atoms with E-state index in [1.165, 1.54) is 7.05 Å². The number of imidazole rings is 1. The molecule has 1 aliphatic carbocycles. The summed E-state index contributed by atoms with van der Waals surface area (Å²) in [6.07, 6.45) is -13.6. The van der Waals surface area contributed by atoms with Crippen LogP contribution < -0.4 is 11.1 Å². The largest absolute Gasteiger partial charge is 0.389 e. The summed E-state index contributed by atoms with van der Waals surface area (Å²) in [6.45, 7) is 1.59. The Morgan fingerprint density at radius 1 is 1.11 bits per heavy atom. The van der Waals surface area contributed by atoms with Gasteiger partial charge in [0.25, 0.3) is 5.91 Å². The molecule has 1 aromatic carbocycles. The van der Waals surface area contributed by atoms with Crippen LogP contribution in [-0.2, 0) is 18.3 Å². The van der Waals surface area contributed by atoms with E-state index in [0.29, 0.717) is 16.6 Å². The molecule has 0 spiro atoms. The summed E-state index contributed by atoms with van der Waals surface area (Å²) in [6, 6.07) is 4.16. The lowest BCUT2D eigenvalue weighted by molar-refractivity contribution is -0.144. The maximum Gasteiger partial charge on any atom is 0.389 e. The molecule has 2 amide bonds. The van der Waals surface area contributed by atoms with E-state index in [4.69, 9.17) is 5.73 Å². The van der Waals surface area contributed by atoms with Crippen LogP contribution in [0.5, 0.6) is 0 Å². The van der Waals surface area contributed by atoms with Crippen LogP contribution in [0.15, 0.2) is 18.2 Å². The summed E-state index contributed by atoms with van der Waals surface area (Å²) in [4.78, 5) is 32.4. The predicted octanol–water partition coefficient (Wildman–Crippen LogP) is 6.37. The maximum atomic E-state index is 14.1. The van der Waals surface area contributed by atoms with Crippen LogP contribution in [0.1, 0.15) is 97.0 Å². The van der Waals surface area contributed by atoms with Crippen molar-refractivity contribution in [2.45, 2.75) is 88.5 Å². The van der Waals surface area contributed by atoms with Gasteiger partial charge >= 0.3 is 12.4 Å². The number of primary amides is 1. The van der Waals surface area contributed by atoms with Gasteiger partial charge in [-0.1, -0.05) is 6.07 Å². The zero-order chi connectivity index (χ0) is 32.6. The third-order valence-corrected chi connectivity index (χ3v) is 7.94. The number of fused-ring (bicyclic) bond motifs is 1. The second-order valence-electron chi connectivity index (χ2n) is 11.3. The Balaban J connectivity index is 1.71. The number of H-pyrrole nitrogens is 1. The molecule has 0 radical (unpaired) electrons. The number of amides is 2. The van der Waals surface area contributed by atoms with Crippen molar-refractivity contribution in [1.82, 2.24) is 25.1 Å². The standard InChI is InChI=1S/C28H32F8N6O2/c1-14(38-20(43)8-12-28(34,35)36)16-3-4-17-18(13-16)40-25(39-17)21(15-5-9-26(29,30)10-6-15)23-22(24(37)44)19(42(2)41-23)7-11-27(31,32)33/h3-4,13-15,21H,5-12H2,1-2H3,(H2,37,44)(H,38,43)(H,39,40)/t14-,21+/m1/s1. The lowest BCUT2D eigenvalue weighted by atomic mass is 9.76. The molecule has 2 atom stereocenters. The van der Waals surface area contributed by atoms with Gasteiger partial charge in [-0.05, 0) is 49.8 Å². The van der Waals surface area contributed by atoms with E-state index < -0.39 is 86.5 Å². The number of halogens is 8. The van der Waals surface area contributed by atoms with Crippen LogP contribution in [0.3, 0.4) is 0 Å². The van der Waals surface area contributed by atoms with E-state index in [2.05, 4.69) is 20.4 Å². The van der Waals surface area contributed by atoms with Gasteiger partial charge in [0.1, 0.15) is 5.82 Å². The quantitative estimate of drug-likeness (QED) is 0.224. The van der Waals surface area contributed by atoms with Gasteiger partial charge in [0, 0.05) is 32.7 Å². The molecular weight excluding hydrogens is 604 g/mol. The van der Waals surface area contributed by atoms with Crippen molar-refractivity contribution in [3.63, 3.8) is 0 Å². The Hall–Kier alpha value is -3.72. The minimum atomic E-state index is -4.51. The third-order valence-electron chi connectivity index (χ3n) is 7.94. The van der Waals surface area contributed by atoms with Crippen LogP contribution in [0.2, 0.25) is 0 Å². The zero-order valence-electron chi connectivity index (χ0n) is 23.9. The molecule has 0 unspecified atom stereocenters. The van der Waals surface area contributed by atoms with Crippen molar-refractivity contribution in [2.75, 3.05) is 0 Å². The van der Waals surface area contributed by atoms with Crippen molar-refractivity contribution in [2.24, 2.45) is 18.7 Å². The van der Waals surface area contributed by atoms with Gasteiger partial charge < -0.3 is 16.0 Å². The van der Waals surface area contributed by atoms with Gasteiger partial charge in [-0.3, -0.25) is 14.3 Å². The van der Waals surface area contributed by atoms with E-state index in [-0.39, 0.29) is 35.6 Å². The van der Waals surface area contributed by atoms with Gasteiger partial charge in [-0.25, -0.2) is 13.8 Å². The van der Waals surface area contributed by atoms with Crippen LogP contribution in [0.4, 0.5) is 35.1 Å². The number of nitrogens with one attached hydrogen (secondary N) is 2. The maximum absolute atomic E-state index is 14.1. The number of benzene rings is 1. The molecule has 2 aromatic heterocycles. The van der Waals surface area contributed by atoms with Crippen molar-refractivity contribution < 1.29 is 44.7 Å². The first kappa shape index (κ1) is 33.2. The fourth-order valence-electron chi connectivity index (χ4n) is 5.70. The molecule has 1 fully saturated rings. The van der Waals surface area contributed by atoms with Crippen molar-refractivity contribution in [3.05, 3.63) is 46.5 Å². The third kappa shape index (κ3) is 8.05. The van der Waals surface area contributed by atoms with Gasteiger partial charge in [0.2, 0.25) is 11.8 Å². The summed E-state index contributed by atoms with van der Waals surface area (Å²) >= 11 is 0. The fraction of sp³-hybridized carbons (Fsp3) is 0.571. The molecule has 2 heterocycles. The summed E-state index contributed by atoms with van der Waals surface area (Å²) in [5.74, 6) is -5.86. The van der Waals surface area contributed by atoms with E-state index in [1.807, 2.05) is 0 Å². The SMILES string of the molecule is C[C@@H](NC(=O)CCC(F)(F)F)c1ccc2nc([C@H](c3nn(C)c(CCC(F)(F)F)c3C(N)=O)C3CCC(F)(F)CC3)[nH]c2c1. The van der Waals surface area contributed by atoms with E-state index in [9.17, 15) is 44.7 Å². The Labute approximate surface area is 246 Å². The van der Waals surface area contributed by atoms with Crippen molar-refractivity contribution in [1.29, 1.82) is 0 Å². The molecule has 3 aromatic rings. The van der Waals surface area contributed by atoms with Crippen LogP contribution >= 0.6 is 0 Å². The first-order valence-electron chi connectivity index (χ1n) is 14.0. The number of nitrogens with zero attached hydrogens (tertiary/aromatic N) is 3. The molecule has 4 rings (SSSR count). The first-order valence-corrected chi connectivity index (χ1v) is 14.0. The highest BCUT2D eigenvalue weighted by Crippen LogP contribution is 2.45. The highest BCUT2D eigenvalue weighted by molar-refractivity contribution is 5.95.